The summed E-state index contributed by atoms with van der Waals surface area (Å²) < 4.78 is 5.50. The molecule has 0 aliphatic heterocycles. The molecule has 0 amide bonds. The summed E-state index contributed by atoms with van der Waals surface area (Å²) in [5.41, 5.74) is 2.90. The van der Waals surface area contributed by atoms with Crippen molar-refractivity contribution in [2.45, 2.75) is 64.5 Å². The van der Waals surface area contributed by atoms with Gasteiger partial charge in [0.05, 0.1) is 5.60 Å². The summed E-state index contributed by atoms with van der Waals surface area (Å²) in [5.74, 6) is 0. The van der Waals surface area contributed by atoms with Crippen LogP contribution < -0.4 is 5.32 Å². The van der Waals surface area contributed by atoms with Gasteiger partial charge in [-0.3, -0.25) is 0 Å². The lowest BCUT2D eigenvalue weighted by Crippen LogP contribution is -2.26. The number of benzene rings is 1. The van der Waals surface area contributed by atoms with E-state index in [4.69, 9.17) is 4.74 Å². The third-order valence-corrected chi connectivity index (χ3v) is 4.12. The van der Waals surface area contributed by atoms with E-state index in [1.807, 2.05) is 7.05 Å². The summed E-state index contributed by atoms with van der Waals surface area (Å²) in [7, 11) is 3.81. The van der Waals surface area contributed by atoms with Gasteiger partial charge in [-0.15, -0.1) is 0 Å². The van der Waals surface area contributed by atoms with Gasteiger partial charge in [-0.25, -0.2) is 0 Å². The summed E-state index contributed by atoms with van der Waals surface area (Å²) >= 11 is 0. The monoisotopic (exact) mass is 277 g/mol. The zero-order chi connectivity index (χ0) is 15.4. The van der Waals surface area contributed by atoms with Gasteiger partial charge in [-0.05, 0) is 50.3 Å². The summed E-state index contributed by atoms with van der Waals surface area (Å²) in [6.07, 6.45) is 2.11. The predicted molar refractivity (Wildman–Crippen MR) is 87.3 cm³/mol. The molecule has 20 heavy (non-hydrogen) atoms. The molecular weight excluding hydrogens is 246 g/mol. The number of rotatable bonds is 6. The standard InChI is InChI=1S/C18H31NO/c1-17(2,3)15-10-8-14(9-11-15)16(19-6)12-13-18(4,5)20-7/h8-11,16,19H,12-13H2,1-7H3. The van der Waals surface area contributed by atoms with Crippen LogP contribution in [0.15, 0.2) is 24.3 Å². The maximum atomic E-state index is 5.50. The molecule has 1 aromatic carbocycles. The molecule has 0 radical (unpaired) electrons. The molecule has 0 aliphatic carbocycles. The van der Waals surface area contributed by atoms with Gasteiger partial charge in [0.1, 0.15) is 0 Å². The second-order valence-corrected chi connectivity index (χ2v) is 7.22. The van der Waals surface area contributed by atoms with Crippen LogP contribution in [0.1, 0.15) is 64.6 Å². The van der Waals surface area contributed by atoms with Crippen molar-refractivity contribution in [2.24, 2.45) is 0 Å². The van der Waals surface area contributed by atoms with Crippen LogP contribution in [0.2, 0.25) is 0 Å². The molecular formula is C18H31NO. The maximum Gasteiger partial charge on any atom is 0.0623 e. The van der Waals surface area contributed by atoms with Crippen molar-refractivity contribution in [1.82, 2.24) is 5.32 Å². The van der Waals surface area contributed by atoms with Gasteiger partial charge in [-0.1, -0.05) is 45.0 Å². The molecule has 1 N–H and O–H groups in total. The average Bonchev–Trinajstić information content (AvgIpc) is 2.39. The van der Waals surface area contributed by atoms with E-state index in [9.17, 15) is 0 Å². The summed E-state index contributed by atoms with van der Waals surface area (Å²) in [6, 6.07) is 9.39. The van der Waals surface area contributed by atoms with Gasteiger partial charge in [0.25, 0.3) is 0 Å². The Labute approximate surface area is 124 Å². The SMILES string of the molecule is CNC(CCC(C)(C)OC)c1ccc(C(C)(C)C)cc1. The van der Waals surface area contributed by atoms with Crippen molar-refractivity contribution in [1.29, 1.82) is 0 Å². The molecule has 114 valence electrons. The van der Waals surface area contributed by atoms with E-state index < -0.39 is 0 Å². The molecule has 0 fully saturated rings. The molecule has 1 rings (SSSR count). The Balaban J connectivity index is 2.76. The van der Waals surface area contributed by atoms with E-state index in [-0.39, 0.29) is 11.0 Å². The molecule has 1 atom stereocenters. The molecule has 2 heteroatoms. The highest BCUT2D eigenvalue weighted by Crippen LogP contribution is 2.27. The van der Waals surface area contributed by atoms with Crippen LogP contribution in [0.25, 0.3) is 0 Å². The number of nitrogens with one attached hydrogen (secondary N) is 1. The fourth-order valence-corrected chi connectivity index (χ4v) is 2.29. The van der Waals surface area contributed by atoms with Crippen LogP contribution in [0.5, 0.6) is 0 Å². The van der Waals surface area contributed by atoms with Crippen LogP contribution in [0.3, 0.4) is 0 Å². The Morgan fingerprint density at radius 2 is 1.60 bits per heavy atom. The van der Waals surface area contributed by atoms with Gasteiger partial charge < -0.3 is 10.1 Å². The Morgan fingerprint density at radius 3 is 2.00 bits per heavy atom. The molecule has 1 aromatic rings. The van der Waals surface area contributed by atoms with Gasteiger partial charge in [-0.2, -0.15) is 0 Å². The Morgan fingerprint density at radius 1 is 1.05 bits per heavy atom. The second-order valence-electron chi connectivity index (χ2n) is 7.22. The summed E-state index contributed by atoms with van der Waals surface area (Å²) in [5, 5.41) is 3.42. The predicted octanol–water partition coefficient (Wildman–Crippen LogP) is 4.45. The van der Waals surface area contributed by atoms with Crippen molar-refractivity contribution in [3.05, 3.63) is 35.4 Å². The summed E-state index contributed by atoms with van der Waals surface area (Å²) in [4.78, 5) is 0. The summed E-state index contributed by atoms with van der Waals surface area (Å²) in [6.45, 7) is 11.0. The number of methoxy groups -OCH3 is 1. The molecule has 0 bridgehead atoms. The first kappa shape index (κ1) is 17.2. The smallest absolute Gasteiger partial charge is 0.0623 e. The van der Waals surface area contributed by atoms with Crippen LogP contribution in [-0.4, -0.2) is 19.8 Å². The number of ether oxygens (including phenoxy) is 1. The molecule has 0 aliphatic rings. The van der Waals surface area contributed by atoms with Gasteiger partial charge >= 0.3 is 0 Å². The molecule has 0 saturated carbocycles. The molecule has 2 nitrogen and oxygen atoms in total. The quantitative estimate of drug-likeness (QED) is 0.829. The Hall–Kier alpha value is -0.860. The van der Waals surface area contributed by atoms with Crippen molar-refractivity contribution in [3.8, 4) is 0 Å². The minimum absolute atomic E-state index is 0.0551. The maximum absolute atomic E-state index is 5.50. The van der Waals surface area contributed by atoms with Gasteiger partial charge in [0, 0.05) is 13.2 Å². The van der Waals surface area contributed by atoms with Crippen molar-refractivity contribution in [2.75, 3.05) is 14.2 Å². The van der Waals surface area contributed by atoms with Crippen molar-refractivity contribution < 1.29 is 4.74 Å². The van der Waals surface area contributed by atoms with E-state index in [1.54, 1.807) is 7.11 Å². The topological polar surface area (TPSA) is 21.3 Å². The largest absolute Gasteiger partial charge is 0.379 e. The highest BCUT2D eigenvalue weighted by atomic mass is 16.5. The van der Waals surface area contributed by atoms with Crippen LogP contribution in [0, 0.1) is 0 Å². The van der Waals surface area contributed by atoms with Crippen LogP contribution in [-0.2, 0) is 10.2 Å². The zero-order valence-electron chi connectivity index (χ0n) is 14.2. The third-order valence-electron chi connectivity index (χ3n) is 4.12. The van der Waals surface area contributed by atoms with Crippen molar-refractivity contribution in [3.63, 3.8) is 0 Å². The fraction of sp³-hybridized carbons (Fsp3) is 0.667. The highest BCUT2D eigenvalue weighted by molar-refractivity contribution is 5.29. The lowest BCUT2D eigenvalue weighted by Gasteiger charge is -2.26. The van der Waals surface area contributed by atoms with E-state index in [0.717, 1.165) is 12.8 Å². The minimum Gasteiger partial charge on any atom is -0.379 e. The highest BCUT2D eigenvalue weighted by Gasteiger charge is 2.20. The zero-order valence-corrected chi connectivity index (χ0v) is 14.2. The van der Waals surface area contributed by atoms with Crippen LogP contribution in [0.4, 0.5) is 0 Å². The first-order chi connectivity index (χ1) is 9.19. The van der Waals surface area contributed by atoms with Gasteiger partial charge in [0.15, 0.2) is 0 Å². The molecule has 0 spiro atoms. The normalized spacial score (nSPS) is 14.3. The lowest BCUT2D eigenvalue weighted by molar-refractivity contribution is 0.0118. The van der Waals surface area contributed by atoms with Gasteiger partial charge in [0.2, 0.25) is 0 Å². The Bertz CT molecular complexity index is 400. The minimum atomic E-state index is -0.0551. The third kappa shape index (κ3) is 4.92. The fourth-order valence-electron chi connectivity index (χ4n) is 2.29. The molecule has 0 heterocycles. The first-order valence-corrected chi connectivity index (χ1v) is 7.52. The van der Waals surface area contributed by atoms with E-state index >= 15 is 0 Å². The first-order valence-electron chi connectivity index (χ1n) is 7.52. The number of hydrogen-bond donors (Lipinski definition) is 1. The van der Waals surface area contributed by atoms with E-state index in [2.05, 4.69) is 64.2 Å². The van der Waals surface area contributed by atoms with Crippen molar-refractivity contribution >= 4 is 0 Å². The number of hydrogen-bond acceptors (Lipinski definition) is 2. The molecule has 1 unspecified atom stereocenters. The van der Waals surface area contributed by atoms with E-state index in [0.29, 0.717) is 6.04 Å². The lowest BCUT2D eigenvalue weighted by atomic mass is 9.85. The molecule has 0 aromatic heterocycles. The molecule has 0 saturated heterocycles. The average molecular weight is 277 g/mol. The van der Waals surface area contributed by atoms with E-state index in [1.165, 1.54) is 11.1 Å². The second kappa shape index (κ2) is 6.73. The van der Waals surface area contributed by atoms with Crippen LogP contribution >= 0.6 is 0 Å². The Kier molecular flexibility index (Phi) is 5.79.